The molecule has 5 heteroatoms. The van der Waals surface area contributed by atoms with Crippen LogP contribution < -0.4 is 11.1 Å². The van der Waals surface area contributed by atoms with Crippen LogP contribution in [0.4, 0.5) is 11.6 Å². The van der Waals surface area contributed by atoms with Crippen molar-refractivity contribution in [3.8, 4) is 0 Å². The molecular weight excluding hydrogens is 228 g/mol. The van der Waals surface area contributed by atoms with Crippen LogP contribution >= 0.6 is 0 Å². The Bertz CT molecular complexity index is 496. The SMILES string of the molecule is Cc1c(N)ncnc1NC(C)CCc1ccco1. The number of nitrogens with zero attached hydrogens (tertiary/aromatic N) is 2. The Hall–Kier alpha value is -2.04. The number of nitrogens with two attached hydrogens (primary N) is 1. The van der Waals surface area contributed by atoms with Gasteiger partial charge in [-0.05, 0) is 32.4 Å². The molecule has 0 aromatic carbocycles. The van der Waals surface area contributed by atoms with Gasteiger partial charge in [-0.3, -0.25) is 0 Å². The number of aromatic nitrogens is 2. The van der Waals surface area contributed by atoms with Crippen LogP contribution in [0.5, 0.6) is 0 Å². The van der Waals surface area contributed by atoms with E-state index in [1.807, 2.05) is 19.1 Å². The maximum atomic E-state index is 5.74. The van der Waals surface area contributed by atoms with Gasteiger partial charge in [0.1, 0.15) is 23.7 Å². The van der Waals surface area contributed by atoms with E-state index in [1.54, 1.807) is 6.26 Å². The first kappa shape index (κ1) is 12.4. The fourth-order valence-electron chi connectivity index (χ4n) is 1.73. The summed E-state index contributed by atoms with van der Waals surface area (Å²) in [5.74, 6) is 2.32. The number of aryl methyl sites for hydroxylation is 1. The Morgan fingerprint density at radius 1 is 1.44 bits per heavy atom. The molecule has 0 saturated heterocycles. The van der Waals surface area contributed by atoms with Crippen LogP contribution in [0.3, 0.4) is 0 Å². The molecule has 1 unspecified atom stereocenters. The van der Waals surface area contributed by atoms with Crippen molar-refractivity contribution in [1.82, 2.24) is 9.97 Å². The van der Waals surface area contributed by atoms with Gasteiger partial charge in [0.05, 0.1) is 6.26 Å². The van der Waals surface area contributed by atoms with Gasteiger partial charge >= 0.3 is 0 Å². The molecule has 2 aromatic heterocycles. The third kappa shape index (κ3) is 3.00. The highest BCUT2D eigenvalue weighted by atomic mass is 16.3. The fourth-order valence-corrected chi connectivity index (χ4v) is 1.73. The number of rotatable bonds is 5. The van der Waals surface area contributed by atoms with E-state index in [-0.39, 0.29) is 0 Å². The highest BCUT2D eigenvalue weighted by Crippen LogP contribution is 2.17. The van der Waals surface area contributed by atoms with Gasteiger partial charge in [-0.2, -0.15) is 0 Å². The molecule has 0 amide bonds. The van der Waals surface area contributed by atoms with Gasteiger partial charge in [-0.15, -0.1) is 0 Å². The normalized spacial score (nSPS) is 12.3. The van der Waals surface area contributed by atoms with Gasteiger partial charge in [0.2, 0.25) is 0 Å². The van der Waals surface area contributed by atoms with Gasteiger partial charge in [0, 0.05) is 18.0 Å². The van der Waals surface area contributed by atoms with E-state index in [1.165, 1.54) is 6.33 Å². The van der Waals surface area contributed by atoms with Crippen molar-refractivity contribution < 1.29 is 4.42 Å². The Balaban J connectivity index is 1.90. The van der Waals surface area contributed by atoms with Crippen LogP contribution in [-0.4, -0.2) is 16.0 Å². The Morgan fingerprint density at radius 3 is 3.00 bits per heavy atom. The Labute approximate surface area is 106 Å². The number of nitrogen functional groups attached to an aromatic ring is 1. The minimum absolute atomic E-state index is 0.295. The predicted octanol–water partition coefficient (Wildman–Crippen LogP) is 2.39. The van der Waals surface area contributed by atoms with Crippen LogP contribution in [0.15, 0.2) is 29.1 Å². The third-order valence-corrected chi connectivity index (χ3v) is 2.91. The van der Waals surface area contributed by atoms with Crippen LogP contribution in [0.1, 0.15) is 24.7 Å². The molecule has 18 heavy (non-hydrogen) atoms. The lowest BCUT2D eigenvalue weighted by molar-refractivity contribution is 0.495. The third-order valence-electron chi connectivity index (χ3n) is 2.91. The Kier molecular flexibility index (Phi) is 3.82. The summed E-state index contributed by atoms with van der Waals surface area (Å²) in [7, 11) is 0. The van der Waals surface area contributed by atoms with Crippen molar-refractivity contribution in [3.63, 3.8) is 0 Å². The van der Waals surface area contributed by atoms with Crippen molar-refractivity contribution in [3.05, 3.63) is 36.0 Å². The second kappa shape index (κ2) is 5.53. The van der Waals surface area contributed by atoms with Crippen molar-refractivity contribution in [1.29, 1.82) is 0 Å². The van der Waals surface area contributed by atoms with Crippen molar-refractivity contribution >= 4 is 11.6 Å². The summed E-state index contributed by atoms with van der Waals surface area (Å²) >= 11 is 0. The highest BCUT2D eigenvalue weighted by Gasteiger charge is 2.08. The molecule has 2 rings (SSSR count). The van der Waals surface area contributed by atoms with Crippen molar-refractivity contribution in [2.24, 2.45) is 0 Å². The molecule has 0 fully saturated rings. The second-order valence-electron chi connectivity index (χ2n) is 4.40. The van der Waals surface area contributed by atoms with E-state index in [4.69, 9.17) is 10.2 Å². The minimum atomic E-state index is 0.295. The molecule has 1 atom stereocenters. The minimum Gasteiger partial charge on any atom is -0.469 e. The standard InChI is InChI=1S/C13H18N4O/c1-9(5-6-11-4-3-7-18-11)17-13-10(2)12(14)15-8-16-13/h3-4,7-9H,5-6H2,1-2H3,(H3,14,15,16,17). The number of anilines is 2. The molecule has 3 N–H and O–H groups in total. The zero-order valence-electron chi connectivity index (χ0n) is 10.7. The van der Waals surface area contributed by atoms with Crippen LogP contribution in [0, 0.1) is 6.92 Å². The molecule has 2 heterocycles. The Morgan fingerprint density at radius 2 is 2.28 bits per heavy atom. The van der Waals surface area contributed by atoms with Crippen LogP contribution in [-0.2, 0) is 6.42 Å². The maximum absolute atomic E-state index is 5.74. The molecule has 0 saturated carbocycles. The summed E-state index contributed by atoms with van der Waals surface area (Å²) in [5, 5.41) is 3.34. The molecule has 0 spiro atoms. The first-order valence-corrected chi connectivity index (χ1v) is 6.03. The lowest BCUT2D eigenvalue weighted by atomic mass is 10.1. The van der Waals surface area contributed by atoms with E-state index < -0.39 is 0 Å². The molecule has 5 nitrogen and oxygen atoms in total. The largest absolute Gasteiger partial charge is 0.469 e. The number of hydrogen-bond acceptors (Lipinski definition) is 5. The second-order valence-corrected chi connectivity index (χ2v) is 4.40. The first-order chi connectivity index (χ1) is 8.66. The van der Waals surface area contributed by atoms with E-state index in [0.717, 1.165) is 30.0 Å². The lowest BCUT2D eigenvalue weighted by Gasteiger charge is -2.15. The van der Waals surface area contributed by atoms with Crippen LogP contribution in [0.25, 0.3) is 0 Å². The average Bonchev–Trinajstić information content (AvgIpc) is 2.86. The summed E-state index contributed by atoms with van der Waals surface area (Å²) in [4.78, 5) is 8.14. The molecular formula is C13H18N4O. The number of nitrogens with one attached hydrogen (secondary N) is 1. The first-order valence-electron chi connectivity index (χ1n) is 6.03. The van der Waals surface area contributed by atoms with Crippen LogP contribution in [0.2, 0.25) is 0 Å². The fraction of sp³-hybridized carbons (Fsp3) is 0.385. The quantitative estimate of drug-likeness (QED) is 0.847. The maximum Gasteiger partial charge on any atom is 0.134 e. The highest BCUT2D eigenvalue weighted by molar-refractivity contribution is 5.54. The van der Waals surface area contributed by atoms with Crippen molar-refractivity contribution in [2.45, 2.75) is 32.7 Å². The number of furan rings is 1. The van der Waals surface area contributed by atoms with Crippen molar-refractivity contribution in [2.75, 3.05) is 11.1 Å². The molecule has 0 aliphatic rings. The lowest BCUT2D eigenvalue weighted by Crippen LogP contribution is -2.18. The monoisotopic (exact) mass is 246 g/mol. The van der Waals surface area contributed by atoms with Gasteiger partial charge in [0.15, 0.2) is 0 Å². The topological polar surface area (TPSA) is 77.0 Å². The predicted molar refractivity (Wildman–Crippen MR) is 71.3 cm³/mol. The summed E-state index contributed by atoms with van der Waals surface area (Å²) in [5.41, 5.74) is 6.63. The molecule has 0 aliphatic carbocycles. The molecule has 0 radical (unpaired) electrons. The van der Waals surface area contributed by atoms with E-state index in [9.17, 15) is 0 Å². The zero-order valence-corrected chi connectivity index (χ0v) is 10.7. The van der Waals surface area contributed by atoms with Gasteiger partial charge < -0.3 is 15.5 Å². The number of hydrogen-bond donors (Lipinski definition) is 2. The average molecular weight is 246 g/mol. The molecule has 96 valence electrons. The summed E-state index contributed by atoms with van der Waals surface area (Å²) in [6, 6.07) is 4.19. The van der Waals surface area contributed by atoms with Gasteiger partial charge in [0.25, 0.3) is 0 Å². The molecule has 0 aliphatic heterocycles. The molecule has 0 bridgehead atoms. The smallest absolute Gasteiger partial charge is 0.134 e. The molecule has 2 aromatic rings. The van der Waals surface area contributed by atoms with E-state index in [2.05, 4.69) is 22.2 Å². The summed E-state index contributed by atoms with van der Waals surface area (Å²) in [6.45, 7) is 4.03. The van der Waals surface area contributed by atoms with E-state index >= 15 is 0 Å². The summed E-state index contributed by atoms with van der Waals surface area (Å²) in [6.07, 6.45) is 5.05. The summed E-state index contributed by atoms with van der Waals surface area (Å²) < 4.78 is 5.30. The van der Waals surface area contributed by atoms with Gasteiger partial charge in [-0.1, -0.05) is 0 Å². The van der Waals surface area contributed by atoms with Gasteiger partial charge in [-0.25, -0.2) is 9.97 Å². The zero-order chi connectivity index (χ0) is 13.0. The van der Waals surface area contributed by atoms with E-state index in [0.29, 0.717) is 11.9 Å².